The molecule has 4 N–H and O–H groups in total. The summed E-state index contributed by atoms with van der Waals surface area (Å²) >= 11 is 0. The summed E-state index contributed by atoms with van der Waals surface area (Å²) in [4.78, 5) is 3.92. The minimum absolute atomic E-state index is 0.287. The van der Waals surface area contributed by atoms with Gasteiger partial charge < -0.3 is 25.2 Å². The van der Waals surface area contributed by atoms with Gasteiger partial charge in [0.15, 0.2) is 0 Å². The Kier molecular flexibility index (Phi) is 5.41. The van der Waals surface area contributed by atoms with Crippen LogP contribution in [-0.2, 0) is 6.54 Å². The van der Waals surface area contributed by atoms with Gasteiger partial charge in [-0.3, -0.25) is 0 Å². The van der Waals surface area contributed by atoms with Crippen molar-refractivity contribution >= 4 is 0 Å². The smallest absolute Gasteiger partial charge is 0.0945 e. The number of aliphatic hydroxyl groups excluding tert-OH is 3. The number of nitrogens with zero attached hydrogens (tertiary/aromatic N) is 2. The van der Waals surface area contributed by atoms with Gasteiger partial charge in [-0.15, -0.1) is 0 Å². The van der Waals surface area contributed by atoms with E-state index in [9.17, 15) is 0 Å². The average Bonchev–Trinajstić information content (AvgIpc) is 2.83. The fraction of sp³-hybridized carbons (Fsp3) is 0.700. The first-order valence-electron chi connectivity index (χ1n) is 5.30. The predicted molar refractivity (Wildman–Crippen MR) is 58.8 cm³/mol. The van der Waals surface area contributed by atoms with E-state index in [2.05, 4.69) is 10.3 Å². The average molecular weight is 229 g/mol. The third-order valence-corrected chi connectivity index (χ3v) is 2.56. The van der Waals surface area contributed by atoms with Crippen molar-refractivity contribution in [3.8, 4) is 0 Å². The lowest BCUT2D eigenvalue weighted by molar-refractivity contribution is 0.0424. The largest absolute Gasteiger partial charge is 0.394 e. The standard InChI is InChI=1S/C10H19N3O3/c14-6-10(7-15,8-16)12-2-1-4-13-5-3-11-9-13/h3,5,9,12,14-16H,1-2,4,6-8H2. The molecule has 0 atom stereocenters. The van der Waals surface area contributed by atoms with Gasteiger partial charge in [0.25, 0.3) is 0 Å². The Hall–Kier alpha value is -0.950. The van der Waals surface area contributed by atoms with E-state index >= 15 is 0 Å². The van der Waals surface area contributed by atoms with Crippen molar-refractivity contribution in [2.75, 3.05) is 26.4 Å². The number of aryl methyl sites for hydroxylation is 1. The second-order valence-electron chi connectivity index (χ2n) is 3.84. The number of aromatic nitrogens is 2. The van der Waals surface area contributed by atoms with Crippen LogP contribution in [0.15, 0.2) is 18.7 Å². The molecule has 0 aromatic carbocycles. The molecule has 0 fully saturated rings. The number of imidazole rings is 1. The van der Waals surface area contributed by atoms with Crippen molar-refractivity contribution in [1.29, 1.82) is 0 Å². The van der Waals surface area contributed by atoms with Crippen molar-refractivity contribution in [1.82, 2.24) is 14.9 Å². The Morgan fingerprint density at radius 3 is 2.38 bits per heavy atom. The molecule has 0 spiro atoms. The van der Waals surface area contributed by atoms with Gasteiger partial charge in [-0.05, 0) is 13.0 Å². The zero-order valence-corrected chi connectivity index (χ0v) is 9.21. The lowest BCUT2D eigenvalue weighted by atomic mass is 10.0. The van der Waals surface area contributed by atoms with Gasteiger partial charge in [0.1, 0.15) is 0 Å². The van der Waals surface area contributed by atoms with Gasteiger partial charge >= 0.3 is 0 Å². The van der Waals surface area contributed by atoms with Crippen molar-refractivity contribution in [3.05, 3.63) is 18.7 Å². The maximum Gasteiger partial charge on any atom is 0.0945 e. The Balaban J connectivity index is 2.23. The molecule has 1 rings (SSSR count). The van der Waals surface area contributed by atoms with Crippen LogP contribution in [0.25, 0.3) is 0 Å². The fourth-order valence-electron chi connectivity index (χ4n) is 1.35. The quantitative estimate of drug-likeness (QED) is 0.411. The van der Waals surface area contributed by atoms with Crippen molar-refractivity contribution in [3.63, 3.8) is 0 Å². The molecule has 16 heavy (non-hydrogen) atoms. The summed E-state index contributed by atoms with van der Waals surface area (Å²) in [6.45, 7) is 0.562. The summed E-state index contributed by atoms with van der Waals surface area (Å²) in [6, 6.07) is 0. The van der Waals surface area contributed by atoms with E-state index < -0.39 is 5.54 Å². The summed E-state index contributed by atoms with van der Waals surface area (Å²) in [7, 11) is 0. The molecule has 0 aliphatic rings. The monoisotopic (exact) mass is 229 g/mol. The van der Waals surface area contributed by atoms with E-state index in [1.807, 2.05) is 10.8 Å². The molecule has 0 saturated heterocycles. The molecular weight excluding hydrogens is 210 g/mol. The normalized spacial score (nSPS) is 11.9. The highest BCUT2D eigenvalue weighted by Gasteiger charge is 2.26. The number of rotatable bonds is 8. The maximum absolute atomic E-state index is 9.06. The van der Waals surface area contributed by atoms with Crippen LogP contribution in [-0.4, -0.2) is 56.8 Å². The summed E-state index contributed by atoms with van der Waals surface area (Å²) in [6.07, 6.45) is 6.15. The van der Waals surface area contributed by atoms with Crippen LogP contribution in [0.2, 0.25) is 0 Å². The number of hydrogen-bond donors (Lipinski definition) is 4. The van der Waals surface area contributed by atoms with Crippen LogP contribution >= 0.6 is 0 Å². The SMILES string of the molecule is OCC(CO)(CO)NCCCn1ccnc1. The van der Waals surface area contributed by atoms with E-state index in [0.29, 0.717) is 6.54 Å². The molecule has 92 valence electrons. The molecule has 0 radical (unpaired) electrons. The molecule has 1 heterocycles. The summed E-state index contributed by atoms with van der Waals surface area (Å²) in [5.41, 5.74) is -0.977. The summed E-state index contributed by atoms with van der Waals surface area (Å²) < 4.78 is 1.94. The van der Waals surface area contributed by atoms with E-state index in [1.165, 1.54) is 0 Å². The lowest BCUT2D eigenvalue weighted by Crippen LogP contribution is -2.55. The predicted octanol–water partition coefficient (Wildman–Crippen LogP) is -1.42. The highest BCUT2D eigenvalue weighted by Crippen LogP contribution is 2.01. The zero-order valence-electron chi connectivity index (χ0n) is 9.21. The molecule has 6 nitrogen and oxygen atoms in total. The van der Waals surface area contributed by atoms with Crippen LogP contribution in [0.4, 0.5) is 0 Å². The van der Waals surface area contributed by atoms with Crippen LogP contribution in [0.5, 0.6) is 0 Å². The Bertz CT molecular complexity index is 265. The molecule has 1 aromatic rings. The van der Waals surface area contributed by atoms with E-state index in [0.717, 1.165) is 13.0 Å². The van der Waals surface area contributed by atoms with Crippen LogP contribution in [0.1, 0.15) is 6.42 Å². The molecule has 6 heteroatoms. The topological polar surface area (TPSA) is 90.5 Å². The highest BCUT2D eigenvalue weighted by atomic mass is 16.3. The number of nitrogens with one attached hydrogen (secondary N) is 1. The molecule has 0 aliphatic heterocycles. The third-order valence-electron chi connectivity index (χ3n) is 2.56. The second kappa shape index (κ2) is 6.59. The molecular formula is C10H19N3O3. The lowest BCUT2D eigenvalue weighted by Gasteiger charge is -2.28. The minimum Gasteiger partial charge on any atom is -0.394 e. The van der Waals surface area contributed by atoms with Gasteiger partial charge in [-0.25, -0.2) is 4.98 Å². The van der Waals surface area contributed by atoms with Gasteiger partial charge in [0.05, 0.1) is 31.7 Å². The first-order chi connectivity index (χ1) is 7.76. The van der Waals surface area contributed by atoms with Gasteiger partial charge in [0.2, 0.25) is 0 Å². The Morgan fingerprint density at radius 2 is 1.88 bits per heavy atom. The Morgan fingerprint density at radius 1 is 1.19 bits per heavy atom. The van der Waals surface area contributed by atoms with Crippen LogP contribution in [0, 0.1) is 0 Å². The van der Waals surface area contributed by atoms with Gasteiger partial charge in [-0.1, -0.05) is 0 Å². The first-order valence-corrected chi connectivity index (χ1v) is 5.30. The highest BCUT2D eigenvalue weighted by molar-refractivity contribution is 4.86. The van der Waals surface area contributed by atoms with Crippen LogP contribution < -0.4 is 5.32 Å². The fourth-order valence-corrected chi connectivity index (χ4v) is 1.35. The maximum atomic E-state index is 9.06. The van der Waals surface area contributed by atoms with E-state index in [-0.39, 0.29) is 19.8 Å². The van der Waals surface area contributed by atoms with Gasteiger partial charge in [0, 0.05) is 18.9 Å². The first kappa shape index (κ1) is 13.1. The Labute approximate surface area is 94.6 Å². The van der Waals surface area contributed by atoms with Crippen molar-refractivity contribution in [2.45, 2.75) is 18.5 Å². The molecule has 0 aliphatic carbocycles. The second-order valence-corrected chi connectivity index (χ2v) is 3.84. The molecule has 0 bridgehead atoms. The van der Waals surface area contributed by atoms with Gasteiger partial charge in [-0.2, -0.15) is 0 Å². The van der Waals surface area contributed by atoms with Crippen LogP contribution in [0.3, 0.4) is 0 Å². The van der Waals surface area contributed by atoms with E-state index in [1.54, 1.807) is 12.5 Å². The summed E-state index contributed by atoms with van der Waals surface area (Å²) in [5, 5.41) is 30.1. The number of hydrogen-bond acceptors (Lipinski definition) is 5. The minimum atomic E-state index is -0.977. The molecule has 1 aromatic heterocycles. The number of aliphatic hydroxyl groups is 3. The van der Waals surface area contributed by atoms with E-state index in [4.69, 9.17) is 15.3 Å². The van der Waals surface area contributed by atoms with Crippen molar-refractivity contribution in [2.24, 2.45) is 0 Å². The molecule has 0 saturated carbocycles. The molecule has 0 amide bonds. The van der Waals surface area contributed by atoms with Crippen molar-refractivity contribution < 1.29 is 15.3 Å². The third kappa shape index (κ3) is 3.57. The molecule has 0 unspecified atom stereocenters. The zero-order chi connectivity index (χ0) is 11.9. The summed E-state index contributed by atoms with van der Waals surface area (Å²) in [5.74, 6) is 0.